The van der Waals surface area contributed by atoms with E-state index in [2.05, 4.69) is 30.0 Å². The van der Waals surface area contributed by atoms with Gasteiger partial charge in [0.1, 0.15) is 11.6 Å². The Hall–Kier alpha value is -3.84. The summed E-state index contributed by atoms with van der Waals surface area (Å²) in [6.07, 6.45) is 0.692. The molecule has 240 valence electrons. The molecule has 0 bridgehead atoms. The highest BCUT2D eigenvalue weighted by Crippen LogP contribution is 2.37. The van der Waals surface area contributed by atoms with E-state index in [4.69, 9.17) is 0 Å². The fourth-order valence-electron chi connectivity index (χ4n) is 5.97. The molecule has 8 nitrogen and oxygen atoms in total. The first-order valence-corrected chi connectivity index (χ1v) is 15.2. The minimum absolute atomic E-state index is 0.0900. The summed E-state index contributed by atoms with van der Waals surface area (Å²) in [6.45, 7) is 8.26. The zero-order valence-electron chi connectivity index (χ0n) is 25.2. The lowest BCUT2D eigenvalue weighted by atomic mass is 10.0. The average molecular weight is 630 g/mol. The first-order chi connectivity index (χ1) is 21.5. The summed E-state index contributed by atoms with van der Waals surface area (Å²) in [5, 5.41) is 2.57. The standard InChI is InChI=1S/C32H36F5N7O/c1-20-18-44(10-7-41(20)2)29-15-27(34)25(14-28(29)40-30(45)24-6-5-23(33)13-26(24)32(35,36)37)22-16-38-31(39-17-22)43-11-8-42(9-12-43)19-21-3-4-21/h5-6,13-17,20-21H,3-4,7-12,18-19H2,1-2H3,(H,40,45). The molecule has 1 N–H and O–H groups in total. The quantitative estimate of drug-likeness (QED) is 0.353. The molecule has 1 amide bonds. The Morgan fingerprint density at radius 2 is 1.64 bits per heavy atom. The third kappa shape index (κ3) is 7.04. The van der Waals surface area contributed by atoms with Crippen molar-refractivity contribution in [1.29, 1.82) is 0 Å². The minimum Gasteiger partial charge on any atom is -0.367 e. The molecule has 1 atom stereocenters. The van der Waals surface area contributed by atoms with Crippen LogP contribution in [-0.4, -0.2) is 91.1 Å². The van der Waals surface area contributed by atoms with Crippen molar-refractivity contribution in [3.63, 3.8) is 0 Å². The van der Waals surface area contributed by atoms with Crippen molar-refractivity contribution in [2.75, 3.05) is 74.5 Å². The summed E-state index contributed by atoms with van der Waals surface area (Å²) < 4.78 is 70.7. The fraction of sp³-hybridized carbons (Fsp3) is 0.469. The maximum Gasteiger partial charge on any atom is 0.417 e. The molecule has 0 radical (unpaired) electrons. The van der Waals surface area contributed by atoms with Gasteiger partial charge in [0.05, 0.1) is 22.5 Å². The van der Waals surface area contributed by atoms with Crippen LogP contribution >= 0.6 is 0 Å². The molecule has 2 saturated heterocycles. The topological polar surface area (TPSA) is 67.8 Å². The number of rotatable bonds is 7. The summed E-state index contributed by atoms with van der Waals surface area (Å²) >= 11 is 0. The number of hydrogen-bond donors (Lipinski definition) is 1. The molecule has 6 rings (SSSR count). The monoisotopic (exact) mass is 629 g/mol. The predicted molar refractivity (Wildman–Crippen MR) is 162 cm³/mol. The molecule has 2 aliphatic heterocycles. The molecule has 3 heterocycles. The van der Waals surface area contributed by atoms with Crippen molar-refractivity contribution >= 4 is 23.2 Å². The summed E-state index contributed by atoms with van der Waals surface area (Å²) in [6, 6.07) is 4.68. The number of halogens is 5. The van der Waals surface area contributed by atoms with E-state index in [0.717, 1.165) is 50.8 Å². The Morgan fingerprint density at radius 3 is 2.29 bits per heavy atom. The number of benzene rings is 2. The molecule has 13 heteroatoms. The van der Waals surface area contributed by atoms with E-state index in [1.165, 1.54) is 37.4 Å². The van der Waals surface area contributed by atoms with Gasteiger partial charge in [0.15, 0.2) is 0 Å². The Balaban J connectivity index is 1.29. The molecular formula is C32H36F5N7O. The normalized spacial score (nSPS) is 20.0. The lowest BCUT2D eigenvalue weighted by Gasteiger charge is -2.39. The van der Waals surface area contributed by atoms with Gasteiger partial charge >= 0.3 is 6.18 Å². The number of aromatic nitrogens is 2. The van der Waals surface area contributed by atoms with Crippen LogP contribution in [-0.2, 0) is 6.18 Å². The Labute approximate surface area is 258 Å². The first kappa shape index (κ1) is 31.2. The molecule has 1 saturated carbocycles. The van der Waals surface area contributed by atoms with Crippen LogP contribution in [0.3, 0.4) is 0 Å². The fourth-order valence-corrected chi connectivity index (χ4v) is 5.97. The number of nitrogens with zero attached hydrogens (tertiary/aromatic N) is 6. The summed E-state index contributed by atoms with van der Waals surface area (Å²) in [5.41, 5.74) is -1.22. The zero-order valence-corrected chi connectivity index (χ0v) is 25.2. The van der Waals surface area contributed by atoms with Crippen LogP contribution in [0.5, 0.6) is 0 Å². The lowest BCUT2D eigenvalue weighted by Crippen LogP contribution is -2.50. The number of carbonyl (C=O) groups excluding carboxylic acids is 1. The van der Waals surface area contributed by atoms with Crippen LogP contribution < -0.4 is 15.1 Å². The molecule has 0 spiro atoms. The maximum absolute atomic E-state index is 15.8. The van der Waals surface area contributed by atoms with Gasteiger partial charge in [-0.1, -0.05) is 0 Å². The molecule has 2 aromatic carbocycles. The van der Waals surface area contributed by atoms with Crippen molar-refractivity contribution in [2.24, 2.45) is 5.92 Å². The van der Waals surface area contributed by atoms with Crippen LogP contribution in [0.15, 0.2) is 42.7 Å². The highest BCUT2D eigenvalue weighted by atomic mass is 19.4. The number of likely N-dealkylation sites (N-methyl/N-ethyl adjacent to an activating group) is 1. The van der Waals surface area contributed by atoms with Gasteiger partial charge in [0.2, 0.25) is 5.95 Å². The SMILES string of the molecule is CC1CN(c2cc(F)c(-c3cnc(N4CCN(CC5CC5)CC4)nc3)cc2NC(=O)c2ccc(F)cc2C(F)(F)F)CCN1C. The van der Waals surface area contributed by atoms with Gasteiger partial charge in [-0.25, -0.2) is 18.7 Å². The second-order valence-electron chi connectivity index (χ2n) is 12.3. The van der Waals surface area contributed by atoms with E-state index in [0.29, 0.717) is 42.9 Å². The molecule has 1 unspecified atom stereocenters. The van der Waals surface area contributed by atoms with Crippen molar-refractivity contribution in [1.82, 2.24) is 19.8 Å². The van der Waals surface area contributed by atoms with Gasteiger partial charge < -0.3 is 20.0 Å². The zero-order chi connectivity index (χ0) is 31.9. The first-order valence-electron chi connectivity index (χ1n) is 15.2. The minimum atomic E-state index is -4.96. The van der Waals surface area contributed by atoms with E-state index >= 15 is 4.39 Å². The molecule has 3 aliphatic rings. The molecular weight excluding hydrogens is 593 g/mol. The Bertz CT molecular complexity index is 1540. The van der Waals surface area contributed by atoms with Crippen molar-refractivity contribution < 1.29 is 26.7 Å². The summed E-state index contributed by atoms with van der Waals surface area (Å²) in [4.78, 5) is 30.9. The van der Waals surface area contributed by atoms with Gasteiger partial charge in [-0.15, -0.1) is 0 Å². The molecule has 45 heavy (non-hydrogen) atoms. The second-order valence-corrected chi connectivity index (χ2v) is 12.3. The smallest absolute Gasteiger partial charge is 0.367 e. The van der Waals surface area contributed by atoms with Crippen LogP contribution in [0.1, 0.15) is 35.7 Å². The number of piperazine rings is 2. The van der Waals surface area contributed by atoms with E-state index in [9.17, 15) is 22.4 Å². The number of carbonyl (C=O) groups is 1. The average Bonchev–Trinajstić information content (AvgIpc) is 3.83. The summed E-state index contributed by atoms with van der Waals surface area (Å²) in [7, 11) is 1.97. The number of anilines is 3. The van der Waals surface area contributed by atoms with Crippen molar-refractivity contribution in [3.05, 3.63) is 65.5 Å². The number of amides is 1. The summed E-state index contributed by atoms with van der Waals surface area (Å²) in [5.74, 6) is -1.42. The Kier molecular flexibility index (Phi) is 8.66. The number of alkyl halides is 3. The van der Waals surface area contributed by atoms with Crippen LogP contribution in [0.2, 0.25) is 0 Å². The molecule has 1 aromatic heterocycles. The van der Waals surface area contributed by atoms with Gasteiger partial charge in [-0.2, -0.15) is 13.2 Å². The third-order valence-corrected chi connectivity index (χ3v) is 8.98. The third-order valence-electron chi connectivity index (χ3n) is 8.98. The molecule has 1 aliphatic carbocycles. The number of hydrogen-bond acceptors (Lipinski definition) is 7. The highest BCUT2D eigenvalue weighted by Gasteiger charge is 2.36. The van der Waals surface area contributed by atoms with E-state index in [-0.39, 0.29) is 17.3 Å². The van der Waals surface area contributed by atoms with Crippen LogP contribution in [0, 0.1) is 17.6 Å². The van der Waals surface area contributed by atoms with E-state index in [1.54, 1.807) is 0 Å². The van der Waals surface area contributed by atoms with Crippen LogP contribution in [0.25, 0.3) is 11.1 Å². The molecule has 3 aromatic rings. The predicted octanol–water partition coefficient (Wildman–Crippen LogP) is 5.37. The van der Waals surface area contributed by atoms with Crippen molar-refractivity contribution in [2.45, 2.75) is 32.0 Å². The van der Waals surface area contributed by atoms with Crippen LogP contribution in [0.4, 0.5) is 39.3 Å². The maximum atomic E-state index is 15.8. The lowest BCUT2D eigenvalue weighted by molar-refractivity contribution is -0.138. The molecule has 3 fully saturated rings. The highest BCUT2D eigenvalue weighted by molar-refractivity contribution is 6.07. The number of nitrogens with one attached hydrogen (secondary N) is 1. The van der Waals surface area contributed by atoms with Gasteiger partial charge in [0.25, 0.3) is 5.91 Å². The van der Waals surface area contributed by atoms with Gasteiger partial charge in [-0.3, -0.25) is 9.69 Å². The second kappa shape index (κ2) is 12.5. The Morgan fingerprint density at radius 1 is 0.956 bits per heavy atom. The largest absolute Gasteiger partial charge is 0.417 e. The van der Waals surface area contributed by atoms with Crippen molar-refractivity contribution in [3.8, 4) is 11.1 Å². The van der Waals surface area contributed by atoms with Gasteiger partial charge in [-0.05, 0) is 63.1 Å². The van der Waals surface area contributed by atoms with Gasteiger partial charge in [0, 0.05) is 81.9 Å². The van der Waals surface area contributed by atoms with E-state index in [1.807, 2.05) is 18.9 Å². The van der Waals surface area contributed by atoms with E-state index < -0.39 is 34.8 Å².